The van der Waals surface area contributed by atoms with E-state index in [1.165, 1.54) is 21.3 Å². The highest BCUT2D eigenvalue weighted by molar-refractivity contribution is 6.13. The zero-order chi connectivity index (χ0) is 25.1. The molecule has 182 valence electrons. The molecule has 36 heavy (non-hydrogen) atoms. The fraction of sp³-hybridized carbons (Fsp3) is 0.148. The first-order valence-electron chi connectivity index (χ1n) is 11.1. The Labute approximate surface area is 207 Å². The molecule has 0 unspecified atom stereocenters. The number of aromatic nitrogens is 2. The Balaban J connectivity index is 1.31. The van der Waals surface area contributed by atoms with E-state index in [0.717, 1.165) is 16.9 Å². The highest BCUT2D eigenvalue weighted by Gasteiger charge is 2.26. The Kier molecular flexibility index (Phi) is 6.27. The average Bonchev–Trinajstić information content (AvgIpc) is 3.50. The summed E-state index contributed by atoms with van der Waals surface area (Å²) in [5.41, 5.74) is 3.17. The molecule has 0 fully saturated rings. The van der Waals surface area contributed by atoms with Crippen LogP contribution in [-0.4, -0.2) is 42.6 Å². The topological polar surface area (TPSA) is 92.9 Å². The maximum Gasteiger partial charge on any atom is 0.363 e. The predicted octanol–water partition coefficient (Wildman–Crippen LogP) is 4.28. The third kappa shape index (κ3) is 4.58. The van der Waals surface area contributed by atoms with Gasteiger partial charge in [-0.25, -0.2) is 14.8 Å². The van der Waals surface area contributed by atoms with Crippen LogP contribution in [0.4, 0.5) is 0 Å². The Bertz CT molecular complexity index is 1430. The van der Waals surface area contributed by atoms with E-state index in [2.05, 4.69) is 9.98 Å². The molecule has 1 aliphatic heterocycles. The minimum atomic E-state index is -0.550. The van der Waals surface area contributed by atoms with Crippen LogP contribution in [0.3, 0.4) is 0 Å². The normalized spacial score (nSPS) is 14.0. The van der Waals surface area contributed by atoms with Crippen molar-refractivity contribution in [1.29, 1.82) is 0 Å². The molecule has 0 saturated carbocycles. The standard InChI is InChI=1S/C27H23N3O6/c1-32-22-13-18(14-23(33-2)25(22)34-3)26-29-21(27(31)36-26)12-17-7-9-20(10-8-17)35-16-19-15-30-11-5-4-6-24(30)28-19/h4-15H,16H2,1-3H3/b21-12-. The fourth-order valence-electron chi connectivity index (χ4n) is 3.77. The summed E-state index contributed by atoms with van der Waals surface area (Å²) in [5, 5.41) is 0. The van der Waals surface area contributed by atoms with Crippen LogP contribution in [0, 0.1) is 0 Å². The zero-order valence-electron chi connectivity index (χ0n) is 19.9. The average molecular weight is 485 g/mol. The van der Waals surface area contributed by atoms with Gasteiger partial charge in [-0.05, 0) is 48.0 Å². The number of esters is 1. The number of benzene rings is 2. The number of imidazole rings is 1. The molecule has 2 aromatic heterocycles. The van der Waals surface area contributed by atoms with Gasteiger partial charge in [0.1, 0.15) is 18.0 Å². The van der Waals surface area contributed by atoms with Crippen LogP contribution < -0.4 is 18.9 Å². The van der Waals surface area contributed by atoms with Crippen LogP contribution in [0.1, 0.15) is 16.8 Å². The minimum Gasteiger partial charge on any atom is -0.493 e. The molecule has 0 atom stereocenters. The van der Waals surface area contributed by atoms with Gasteiger partial charge in [-0.15, -0.1) is 0 Å². The molecule has 5 rings (SSSR count). The van der Waals surface area contributed by atoms with Crippen molar-refractivity contribution in [2.75, 3.05) is 21.3 Å². The van der Waals surface area contributed by atoms with Crippen LogP contribution in [0.2, 0.25) is 0 Å². The number of rotatable bonds is 8. The Morgan fingerprint density at radius 2 is 1.72 bits per heavy atom. The van der Waals surface area contributed by atoms with Gasteiger partial charge in [0.25, 0.3) is 0 Å². The number of hydrogen-bond donors (Lipinski definition) is 0. The van der Waals surface area contributed by atoms with Gasteiger partial charge in [-0.1, -0.05) is 18.2 Å². The Hall–Kier alpha value is -4.79. The maximum atomic E-state index is 12.5. The lowest BCUT2D eigenvalue weighted by molar-refractivity contribution is -0.129. The quantitative estimate of drug-likeness (QED) is 0.272. The number of hydrogen-bond acceptors (Lipinski definition) is 8. The Morgan fingerprint density at radius 1 is 0.972 bits per heavy atom. The molecule has 2 aromatic carbocycles. The van der Waals surface area contributed by atoms with Crippen molar-refractivity contribution in [1.82, 2.24) is 9.38 Å². The number of carbonyl (C=O) groups excluding carboxylic acids is 1. The van der Waals surface area contributed by atoms with Crippen LogP contribution >= 0.6 is 0 Å². The lowest BCUT2D eigenvalue weighted by atomic mass is 10.1. The van der Waals surface area contributed by atoms with Gasteiger partial charge < -0.3 is 28.1 Å². The van der Waals surface area contributed by atoms with Crippen molar-refractivity contribution in [3.05, 3.63) is 89.5 Å². The molecular weight excluding hydrogens is 462 g/mol. The Morgan fingerprint density at radius 3 is 2.39 bits per heavy atom. The third-order valence-corrected chi connectivity index (χ3v) is 5.52. The zero-order valence-corrected chi connectivity index (χ0v) is 19.9. The van der Waals surface area contributed by atoms with Crippen LogP contribution in [-0.2, 0) is 16.1 Å². The number of methoxy groups -OCH3 is 3. The first kappa shape index (κ1) is 23.0. The second kappa shape index (κ2) is 9.83. The van der Waals surface area contributed by atoms with Gasteiger partial charge in [-0.2, -0.15) is 0 Å². The van der Waals surface area contributed by atoms with E-state index in [9.17, 15) is 4.79 Å². The third-order valence-electron chi connectivity index (χ3n) is 5.52. The van der Waals surface area contributed by atoms with Crippen LogP contribution in [0.15, 0.2) is 77.7 Å². The van der Waals surface area contributed by atoms with E-state index in [4.69, 9.17) is 23.7 Å². The molecule has 0 saturated heterocycles. The molecule has 0 N–H and O–H groups in total. The van der Waals surface area contributed by atoms with Crippen molar-refractivity contribution in [3.63, 3.8) is 0 Å². The number of pyridine rings is 1. The molecule has 4 aromatic rings. The van der Waals surface area contributed by atoms with Crippen molar-refractivity contribution in [2.45, 2.75) is 6.61 Å². The molecule has 1 aliphatic rings. The summed E-state index contributed by atoms with van der Waals surface area (Å²) >= 11 is 0. The second-order valence-electron chi connectivity index (χ2n) is 7.81. The van der Waals surface area contributed by atoms with Crippen molar-refractivity contribution in [3.8, 4) is 23.0 Å². The minimum absolute atomic E-state index is 0.151. The first-order valence-corrected chi connectivity index (χ1v) is 11.1. The molecule has 9 nitrogen and oxygen atoms in total. The maximum absolute atomic E-state index is 12.5. The summed E-state index contributed by atoms with van der Waals surface area (Å²) in [6.45, 7) is 0.344. The largest absolute Gasteiger partial charge is 0.493 e. The highest BCUT2D eigenvalue weighted by atomic mass is 16.6. The number of carbonyl (C=O) groups is 1. The summed E-state index contributed by atoms with van der Waals surface area (Å²) in [5.74, 6) is 1.59. The molecule has 0 aliphatic carbocycles. The number of ether oxygens (including phenoxy) is 5. The van der Waals surface area contributed by atoms with Gasteiger partial charge in [0.2, 0.25) is 11.6 Å². The molecule has 0 radical (unpaired) electrons. The van der Waals surface area contributed by atoms with E-state index >= 15 is 0 Å². The SMILES string of the molecule is COc1cc(C2=N/C(=C\c3ccc(OCc4cn5ccccc5n4)cc3)C(=O)O2)cc(OC)c1OC. The molecule has 0 bridgehead atoms. The summed E-state index contributed by atoms with van der Waals surface area (Å²) in [6, 6.07) is 16.5. The number of aliphatic imine (C=N–C) groups is 1. The fourth-order valence-corrected chi connectivity index (χ4v) is 3.77. The molecule has 3 heterocycles. The number of fused-ring (bicyclic) bond motifs is 1. The molecule has 0 amide bonds. The van der Waals surface area contributed by atoms with Gasteiger partial charge in [0, 0.05) is 18.0 Å². The molecule has 9 heteroatoms. The number of cyclic esters (lactones) is 1. The van der Waals surface area contributed by atoms with Crippen LogP contribution in [0.5, 0.6) is 23.0 Å². The summed E-state index contributed by atoms with van der Waals surface area (Å²) in [6.07, 6.45) is 5.53. The van der Waals surface area contributed by atoms with E-state index in [-0.39, 0.29) is 11.6 Å². The second-order valence-corrected chi connectivity index (χ2v) is 7.81. The summed E-state index contributed by atoms with van der Waals surface area (Å²) in [7, 11) is 4.54. The van der Waals surface area contributed by atoms with E-state index in [1.54, 1.807) is 18.2 Å². The smallest absolute Gasteiger partial charge is 0.363 e. The summed E-state index contributed by atoms with van der Waals surface area (Å²) < 4.78 is 29.3. The van der Waals surface area contributed by atoms with Gasteiger partial charge >= 0.3 is 5.97 Å². The lowest BCUT2D eigenvalue weighted by Crippen LogP contribution is -2.06. The van der Waals surface area contributed by atoms with E-state index in [0.29, 0.717) is 35.2 Å². The molecular formula is C27H23N3O6. The van der Waals surface area contributed by atoms with Crippen molar-refractivity contribution >= 4 is 23.6 Å². The van der Waals surface area contributed by atoms with Gasteiger partial charge in [-0.3, -0.25) is 0 Å². The van der Waals surface area contributed by atoms with Crippen LogP contribution in [0.25, 0.3) is 11.7 Å². The molecule has 0 spiro atoms. The van der Waals surface area contributed by atoms with Gasteiger partial charge in [0.15, 0.2) is 17.2 Å². The number of nitrogens with zero attached hydrogens (tertiary/aromatic N) is 3. The van der Waals surface area contributed by atoms with Gasteiger partial charge in [0.05, 0.1) is 27.0 Å². The van der Waals surface area contributed by atoms with Crippen molar-refractivity contribution < 1.29 is 28.5 Å². The van der Waals surface area contributed by atoms with E-state index in [1.807, 2.05) is 59.3 Å². The lowest BCUT2D eigenvalue weighted by Gasteiger charge is -2.13. The van der Waals surface area contributed by atoms with Crippen molar-refractivity contribution in [2.24, 2.45) is 4.99 Å². The van der Waals surface area contributed by atoms with E-state index < -0.39 is 5.97 Å². The monoisotopic (exact) mass is 485 g/mol. The summed E-state index contributed by atoms with van der Waals surface area (Å²) in [4.78, 5) is 21.4. The highest BCUT2D eigenvalue weighted by Crippen LogP contribution is 2.39. The first-order chi connectivity index (χ1) is 17.6. The predicted molar refractivity (Wildman–Crippen MR) is 133 cm³/mol.